The molecule has 1 aliphatic heterocycles. The van der Waals surface area contributed by atoms with Crippen molar-refractivity contribution in [3.8, 4) is 5.75 Å². The van der Waals surface area contributed by atoms with Crippen LogP contribution in [0, 0.1) is 0 Å². The lowest BCUT2D eigenvalue weighted by molar-refractivity contribution is -0.140. The van der Waals surface area contributed by atoms with E-state index in [2.05, 4.69) is 5.10 Å². The molecule has 0 aliphatic carbocycles. The van der Waals surface area contributed by atoms with Gasteiger partial charge in [0.05, 0.1) is 18.9 Å². The van der Waals surface area contributed by atoms with Crippen molar-refractivity contribution >= 4 is 29.1 Å². The molecule has 3 rings (SSSR count). The Morgan fingerprint density at radius 3 is 2.62 bits per heavy atom. The summed E-state index contributed by atoms with van der Waals surface area (Å²) in [5, 5.41) is 6.74. The first kappa shape index (κ1) is 20.9. The van der Waals surface area contributed by atoms with Gasteiger partial charge in [-0.1, -0.05) is 42.8 Å². The number of likely N-dealkylation sites (N-methyl/N-ethyl adjacent to an activating group) is 1. The number of nitrogens with zero attached hydrogens (tertiary/aromatic N) is 3. The number of hydrogen-bond acceptors (Lipinski definition) is 4. The normalized spacial score (nSPS) is 15.8. The van der Waals surface area contributed by atoms with Gasteiger partial charge in [-0.3, -0.25) is 9.59 Å². The first-order chi connectivity index (χ1) is 13.9. The summed E-state index contributed by atoms with van der Waals surface area (Å²) in [6.45, 7) is 1.75. The largest absolute Gasteiger partial charge is 0.497 e. The van der Waals surface area contributed by atoms with Crippen molar-refractivity contribution in [2.75, 3.05) is 20.7 Å². The van der Waals surface area contributed by atoms with Gasteiger partial charge in [0.2, 0.25) is 5.91 Å². The van der Waals surface area contributed by atoms with Crippen LogP contribution in [0.4, 0.5) is 0 Å². The van der Waals surface area contributed by atoms with Crippen LogP contribution in [-0.4, -0.2) is 48.1 Å². The van der Waals surface area contributed by atoms with Crippen LogP contribution in [0.15, 0.2) is 53.6 Å². The minimum Gasteiger partial charge on any atom is -0.497 e. The fourth-order valence-corrected chi connectivity index (χ4v) is 3.42. The van der Waals surface area contributed by atoms with Crippen LogP contribution in [0.2, 0.25) is 5.02 Å². The summed E-state index contributed by atoms with van der Waals surface area (Å²) in [7, 11) is 3.24. The second kappa shape index (κ2) is 9.09. The molecule has 0 N–H and O–H groups in total. The molecule has 2 aromatic rings. The zero-order chi connectivity index (χ0) is 21.0. The number of benzene rings is 2. The predicted octanol–water partition coefficient (Wildman–Crippen LogP) is 3.89. The zero-order valence-electron chi connectivity index (χ0n) is 16.8. The Morgan fingerprint density at radius 2 is 1.97 bits per heavy atom. The van der Waals surface area contributed by atoms with E-state index in [-0.39, 0.29) is 24.4 Å². The van der Waals surface area contributed by atoms with Gasteiger partial charge in [-0.05, 0) is 29.8 Å². The quantitative estimate of drug-likeness (QED) is 0.721. The summed E-state index contributed by atoms with van der Waals surface area (Å²) in [6.07, 6.45) is 0.911. The second-order valence-corrected chi connectivity index (χ2v) is 7.33. The molecule has 0 saturated carbocycles. The third kappa shape index (κ3) is 4.77. The number of hydrogen-bond donors (Lipinski definition) is 0. The maximum absolute atomic E-state index is 13.0. The van der Waals surface area contributed by atoms with Crippen LogP contribution in [0.25, 0.3) is 0 Å². The summed E-state index contributed by atoms with van der Waals surface area (Å²) in [5.41, 5.74) is 2.63. The summed E-state index contributed by atoms with van der Waals surface area (Å²) in [5.74, 6) is 0.413. The van der Waals surface area contributed by atoms with Crippen molar-refractivity contribution in [2.24, 2.45) is 5.10 Å². The first-order valence-electron chi connectivity index (χ1n) is 9.46. The van der Waals surface area contributed by atoms with E-state index < -0.39 is 0 Å². The molecular weight excluding hydrogens is 390 g/mol. The fourth-order valence-electron chi connectivity index (χ4n) is 3.30. The van der Waals surface area contributed by atoms with E-state index in [1.165, 1.54) is 9.91 Å². The molecule has 0 spiro atoms. The lowest BCUT2D eigenvalue weighted by Gasteiger charge is -2.24. The van der Waals surface area contributed by atoms with Gasteiger partial charge in [0.1, 0.15) is 12.3 Å². The minimum atomic E-state index is -0.258. The molecule has 0 aromatic heterocycles. The number of carbonyl (C=O) groups is 2. The average Bonchev–Trinajstić information content (AvgIpc) is 3.19. The molecule has 0 saturated heterocycles. The van der Waals surface area contributed by atoms with E-state index in [1.807, 2.05) is 36.4 Å². The third-order valence-electron chi connectivity index (χ3n) is 4.92. The van der Waals surface area contributed by atoms with E-state index >= 15 is 0 Å². The van der Waals surface area contributed by atoms with Gasteiger partial charge in [-0.15, -0.1) is 0 Å². The Kier molecular flexibility index (Phi) is 6.54. The molecule has 0 bridgehead atoms. The van der Waals surface area contributed by atoms with Gasteiger partial charge in [-0.25, -0.2) is 5.01 Å². The number of hydrazone groups is 1. The van der Waals surface area contributed by atoms with Crippen molar-refractivity contribution < 1.29 is 14.3 Å². The molecule has 1 atom stereocenters. The van der Waals surface area contributed by atoms with Crippen LogP contribution < -0.4 is 4.74 Å². The smallest absolute Gasteiger partial charge is 0.262 e. The Hall–Kier alpha value is -2.86. The SMILES string of the molecule is CCC(=O)N(C)CC(=O)N1N=C(c2cccc(OC)c2)C[C@H]1c1ccc(Cl)cc1. The highest BCUT2D eigenvalue weighted by Crippen LogP contribution is 2.34. The van der Waals surface area contributed by atoms with Gasteiger partial charge >= 0.3 is 0 Å². The van der Waals surface area contributed by atoms with Gasteiger partial charge in [0.25, 0.3) is 5.91 Å². The van der Waals surface area contributed by atoms with Crippen LogP contribution in [0.5, 0.6) is 5.75 Å². The van der Waals surface area contributed by atoms with Gasteiger partial charge in [-0.2, -0.15) is 5.10 Å². The number of amides is 2. The van der Waals surface area contributed by atoms with Crippen molar-refractivity contribution in [2.45, 2.75) is 25.8 Å². The molecule has 29 heavy (non-hydrogen) atoms. The second-order valence-electron chi connectivity index (χ2n) is 6.89. The molecule has 152 valence electrons. The van der Waals surface area contributed by atoms with Crippen LogP contribution in [-0.2, 0) is 9.59 Å². The van der Waals surface area contributed by atoms with Gasteiger partial charge in [0, 0.05) is 30.5 Å². The number of rotatable bonds is 6. The zero-order valence-corrected chi connectivity index (χ0v) is 17.5. The molecule has 7 heteroatoms. The van der Waals surface area contributed by atoms with E-state index in [9.17, 15) is 9.59 Å². The monoisotopic (exact) mass is 413 g/mol. The van der Waals surface area contributed by atoms with Gasteiger partial charge in [0.15, 0.2) is 0 Å². The molecule has 0 unspecified atom stereocenters. The van der Waals surface area contributed by atoms with Crippen molar-refractivity contribution in [1.29, 1.82) is 0 Å². The third-order valence-corrected chi connectivity index (χ3v) is 5.18. The predicted molar refractivity (Wildman–Crippen MR) is 113 cm³/mol. The summed E-state index contributed by atoms with van der Waals surface area (Å²) in [6, 6.07) is 14.8. The summed E-state index contributed by atoms with van der Waals surface area (Å²) < 4.78 is 5.31. The minimum absolute atomic E-state index is 0.0222. The van der Waals surface area contributed by atoms with E-state index in [1.54, 1.807) is 33.2 Å². The fraction of sp³-hybridized carbons (Fsp3) is 0.318. The summed E-state index contributed by atoms with van der Waals surface area (Å²) >= 11 is 6.03. The average molecular weight is 414 g/mol. The molecule has 0 fully saturated rings. The molecular formula is C22H24ClN3O3. The summed E-state index contributed by atoms with van der Waals surface area (Å²) in [4.78, 5) is 26.3. The highest BCUT2D eigenvalue weighted by atomic mass is 35.5. The molecule has 0 radical (unpaired) electrons. The number of carbonyl (C=O) groups excluding carboxylic acids is 2. The molecule has 1 aliphatic rings. The van der Waals surface area contributed by atoms with Crippen molar-refractivity contribution in [3.63, 3.8) is 0 Å². The molecule has 6 nitrogen and oxygen atoms in total. The van der Waals surface area contributed by atoms with Crippen LogP contribution in [0.3, 0.4) is 0 Å². The highest BCUT2D eigenvalue weighted by Gasteiger charge is 2.33. The maximum Gasteiger partial charge on any atom is 0.262 e. The van der Waals surface area contributed by atoms with E-state index in [0.29, 0.717) is 17.9 Å². The van der Waals surface area contributed by atoms with Crippen molar-refractivity contribution in [1.82, 2.24) is 9.91 Å². The highest BCUT2D eigenvalue weighted by molar-refractivity contribution is 6.30. The Bertz CT molecular complexity index is 927. The lowest BCUT2D eigenvalue weighted by Crippen LogP contribution is -2.38. The first-order valence-corrected chi connectivity index (χ1v) is 9.84. The molecule has 2 amide bonds. The number of methoxy groups -OCH3 is 1. The number of halogens is 1. The molecule has 1 heterocycles. The topological polar surface area (TPSA) is 62.2 Å². The Balaban J connectivity index is 1.91. The Labute approximate surface area is 175 Å². The lowest BCUT2D eigenvalue weighted by atomic mass is 9.98. The Morgan fingerprint density at radius 1 is 1.24 bits per heavy atom. The maximum atomic E-state index is 13.0. The van der Waals surface area contributed by atoms with E-state index in [4.69, 9.17) is 16.3 Å². The van der Waals surface area contributed by atoms with Crippen LogP contribution in [0.1, 0.15) is 36.9 Å². The number of ether oxygens (including phenoxy) is 1. The standard InChI is InChI=1S/C22H24ClN3O3/c1-4-21(27)25(2)14-22(28)26-20(15-8-10-17(23)11-9-15)13-19(24-26)16-6-5-7-18(12-16)29-3/h5-12,20H,4,13-14H2,1-3H3/t20-/m0/s1. The van der Waals surface area contributed by atoms with E-state index in [0.717, 1.165) is 22.6 Å². The van der Waals surface area contributed by atoms with Crippen molar-refractivity contribution in [3.05, 3.63) is 64.7 Å². The van der Waals surface area contributed by atoms with Crippen LogP contribution >= 0.6 is 11.6 Å². The van der Waals surface area contributed by atoms with Gasteiger partial charge < -0.3 is 9.64 Å². The molecule has 2 aromatic carbocycles.